The van der Waals surface area contributed by atoms with Gasteiger partial charge in [-0.1, -0.05) is 6.07 Å². The van der Waals surface area contributed by atoms with E-state index in [4.69, 9.17) is 10.8 Å². The fourth-order valence-corrected chi connectivity index (χ4v) is 2.50. The van der Waals surface area contributed by atoms with Crippen LogP contribution in [-0.4, -0.2) is 54.0 Å². The molecule has 1 aliphatic heterocycles. The molecule has 7 N–H and O–H groups in total. The summed E-state index contributed by atoms with van der Waals surface area (Å²) in [6.07, 6.45) is -0.316. The fraction of sp³-hybridized carbons (Fsp3) is 0.250. The topological polar surface area (TPSA) is 191 Å². The molecular weight excluding hydrogens is 358 g/mol. The second-order valence-corrected chi connectivity index (χ2v) is 6.53. The number of urea groups is 1. The van der Waals surface area contributed by atoms with Crippen molar-refractivity contribution in [3.8, 4) is 11.5 Å². The van der Waals surface area contributed by atoms with Gasteiger partial charge in [0.2, 0.25) is 11.8 Å². The van der Waals surface area contributed by atoms with Gasteiger partial charge in [0.05, 0.1) is 13.0 Å². The van der Waals surface area contributed by atoms with Gasteiger partial charge in [-0.15, -0.1) is 4.83 Å². The molecule has 136 valence electrons. The molecule has 1 aromatic rings. The molecule has 0 bridgehead atoms. The zero-order valence-corrected chi connectivity index (χ0v) is 13.4. The summed E-state index contributed by atoms with van der Waals surface area (Å²) in [5, 5.41) is 18.5. The predicted molar refractivity (Wildman–Crippen MR) is 81.9 cm³/mol. The van der Waals surface area contributed by atoms with Crippen molar-refractivity contribution in [3.63, 3.8) is 0 Å². The highest BCUT2D eigenvalue weighted by Crippen LogP contribution is 2.24. The number of phenolic OH excluding ortho intramolecular Hbond substituents is 2. The Kier molecular flexibility index (Phi) is 5.10. The summed E-state index contributed by atoms with van der Waals surface area (Å²) >= 11 is 0. The third-order valence-electron chi connectivity index (χ3n) is 3.16. The summed E-state index contributed by atoms with van der Waals surface area (Å²) in [6, 6.07) is 1.60. The minimum absolute atomic E-state index is 0.114. The number of amides is 4. The standard InChI is InChI=1S/C12H15N5O7S/c13-7-5-17(11(7)21)12(22)15-25(23,24)16-14-10(20)4-6-1-2-8(18)9(19)3-6/h1-3,7,16,18-19H,4-5,13H2,(H,14,20)(H,15,22)/t7-/m0/s1. The smallest absolute Gasteiger partial charge is 0.338 e. The Hall–Kier alpha value is -2.90. The quantitative estimate of drug-likeness (QED) is 0.184. The molecule has 4 amide bonds. The van der Waals surface area contributed by atoms with Crippen molar-refractivity contribution in [2.45, 2.75) is 12.5 Å². The van der Waals surface area contributed by atoms with Crippen molar-refractivity contribution in [2.75, 3.05) is 6.54 Å². The van der Waals surface area contributed by atoms with Crippen molar-refractivity contribution in [1.29, 1.82) is 0 Å². The number of hydrazine groups is 1. The number of hydrogen-bond donors (Lipinski definition) is 6. The molecular formula is C12H15N5O7S. The number of likely N-dealkylation sites (tertiary alicyclic amines) is 1. The van der Waals surface area contributed by atoms with Gasteiger partial charge in [0.25, 0.3) is 0 Å². The number of carbonyl (C=O) groups excluding carboxylic acids is 3. The van der Waals surface area contributed by atoms with E-state index < -0.39 is 39.8 Å². The summed E-state index contributed by atoms with van der Waals surface area (Å²) < 4.78 is 24.8. The number of phenols is 2. The number of nitrogens with zero attached hydrogens (tertiary/aromatic N) is 1. The van der Waals surface area contributed by atoms with Crippen LogP contribution in [0.1, 0.15) is 5.56 Å². The third-order valence-corrected chi connectivity index (χ3v) is 3.97. The molecule has 25 heavy (non-hydrogen) atoms. The Labute approximate surface area is 141 Å². The molecule has 1 heterocycles. The fourth-order valence-electron chi connectivity index (χ4n) is 1.86. The molecule has 1 saturated heterocycles. The Balaban J connectivity index is 1.84. The van der Waals surface area contributed by atoms with E-state index in [0.717, 1.165) is 12.1 Å². The van der Waals surface area contributed by atoms with E-state index in [1.54, 1.807) is 4.83 Å². The van der Waals surface area contributed by atoms with Crippen LogP contribution in [0.2, 0.25) is 0 Å². The summed E-state index contributed by atoms with van der Waals surface area (Å²) in [5.41, 5.74) is 7.42. The predicted octanol–water partition coefficient (Wildman–Crippen LogP) is -2.61. The number of hydrogen-bond acceptors (Lipinski definition) is 8. The maximum absolute atomic E-state index is 11.7. The Morgan fingerprint density at radius 2 is 1.96 bits per heavy atom. The molecule has 13 heteroatoms. The van der Waals surface area contributed by atoms with E-state index in [0.29, 0.717) is 10.5 Å². The number of β-lactam (4-membered cyclic amide) rings is 1. The normalized spacial score (nSPS) is 16.9. The molecule has 2 rings (SSSR count). The maximum Gasteiger partial charge on any atom is 0.338 e. The van der Waals surface area contributed by atoms with Crippen LogP contribution in [-0.2, 0) is 26.2 Å². The first-order valence-corrected chi connectivity index (χ1v) is 8.27. The molecule has 0 aromatic heterocycles. The number of aromatic hydroxyl groups is 2. The van der Waals surface area contributed by atoms with Crippen molar-refractivity contribution in [1.82, 2.24) is 19.9 Å². The van der Waals surface area contributed by atoms with Crippen LogP contribution in [0.25, 0.3) is 0 Å². The average Bonchev–Trinajstić information content (AvgIpc) is 2.53. The van der Waals surface area contributed by atoms with Gasteiger partial charge in [-0.25, -0.2) is 9.52 Å². The number of nitrogens with two attached hydrogens (primary N) is 1. The van der Waals surface area contributed by atoms with Gasteiger partial charge < -0.3 is 15.9 Å². The van der Waals surface area contributed by atoms with E-state index in [9.17, 15) is 27.9 Å². The summed E-state index contributed by atoms with van der Waals surface area (Å²) in [6.45, 7) is -0.114. The Morgan fingerprint density at radius 3 is 2.52 bits per heavy atom. The first-order chi connectivity index (χ1) is 11.6. The van der Waals surface area contributed by atoms with Crippen molar-refractivity contribution >= 4 is 28.1 Å². The van der Waals surface area contributed by atoms with Crippen LogP contribution in [0.5, 0.6) is 11.5 Å². The Bertz CT molecular complexity index is 825. The van der Waals surface area contributed by atoms with E-state index in [2.05, 4.69) is 0 Å². The minimum Gasteiger partial charge on any atom is -0.504 e. The van der Waals surface area contributed by atoms with E-state index in [1.807, 2.05) is 5.43 Å². The minimum atomic E-state index is -4.45. The van der Waals surface area contributed by atoms with Gasteiger partial charge in [0.1, 0.15) is 6.04 Å². The molecule has 1 fully saturated rings. The van der Waals surface area contributed by atoms with Gasteiger partial charge in [0.15, 0.2) is 11.5 Å². The van der Waals surface area contributed by atoms with Gasteiger partial charge in [0, 0.05) is 0 Å². The molecule has 12 nitrogen and oxygen atoms in total. The van der Waals surface area contributed by atoms with Gasteiger partial charge in [-0.3, -0.25) is 19.9 Å². The van der Waals surface area contributed by atoms with Crippen LogP contribution >= 0.6 is 0 Å². The molecule has 0 aliphatic carbocycles. The number of imide groups is 1. The second-order valence-electron chi connectivity index (χ2n) is 5.12. The highest BCUT2D eigenvalue weighted by Gasteiger charge is 2.39. The Morgan fingerprint density at radius 1 is 1.28 bits per heavy atom. The highest BCUT2D eigenvalue weighted by molar-refractivity contribution is 7.88. The second kappa shape index (κ2) is 6.92. The summed E-state index contributed by atoms with van der Waals surface area (Å²) in [5.74, 6) is -2.32. The number of benzene rings is 1. The van der Waals surface area contributed by atoms with E-state index >= 15 is 0 Å². The number of nitrogens with one attached hydrogen (secondary N) is 3. The lowest BCUT2D eigenvalue weighted by atomic mass is 10.1. The first kappa shape index (κ1) is 18.4. The molecule has 0 unspecified atom stereocenters. The number of carbonyl (C=O) groups is 3. The van der Waals surface area contributed by atoms with Crippen LogP contribution in [0.4, 0.5) is 4.79 Å². The molecule has 1 atom stereocenters. The zero-order valence-electron chi connectivity index (χ0n) is 12.6. The van der Waals surface area contributed by atoms with Crippen molar-refractivity contribution in [2.24, 2.45) is 5.73 Å². The van der Waals surface area contributed by atoms with Crippen LogP contribution in [0.15, 0.2) is 18.2 Å². The summed E-state index contributed by atoms with van der Waals surface area (Å²) in [7, 11) is -4.45. The molecule has 0 saturated carbocycles. The SMILES string of the molecule is N[C@H]1CN(C(=O)NS(=O)(=O)NNC(=O)Cc2ccc(O)c(O)c2)C1=O. The monoisotopic (exact) mass is 373 g/mol. The average molecular weight is 373 g/mol. The molecule has 0 spiro atoms. The highest BCUT2D eigenvalue weighted by atomic mass is 32.2. The molecule has 1 aromatic carbocycles. The third kappa shape index (κ3) is 4.56. The van der Waals surface area contributed by atoms with Crippen LogP contribution in [0, 0.1) is 0 Å². The van der Waals surface area contributed by atoms with E-state index in [1.165, 1.54) is 10.8 Å². The molecule has 1 aliphatic rings. The summed E-state index contributed by atoms with van der Waals surface area (Å²) in [4.78, 5) is 36.7. The van der Waals surface area contributed by atoms with Gasteiger partial charge in [-0.2, -0.15) is 8.42 Å². The van der Waals surface area contributed by atoms with Crippen molar-refractivity contribution in [3.05, 3.63) is 23.8 Å². The van der Waals surface area contributed by atoms with Crippen LogP contribution in [0.3, 0.4) is 0 Å². The first-order valence-electron chi connectivity index (χ1n) is 6.79. The zero-order chi connectivity index (χ0) is 18.8. The lowest BCUT2D eigenvalue weighted by molar-refractivity contribution is -0.137. The lowest BCUT2D eigenvalue weighted by Crippen LogP contribution is -2.66. The number of rotatable bonds is 5. The van der Waals surface area contributed by atoms with Crippen molar-refractivity contribution < 1.29 is 33.0 Å². The lowest BCUT2D eigenvalue weighted by Gasteiger charge is -2.33. The van der Waals surface area contributed by atoms with E-state index in [-0.39, 0.29) is 18.7 Å². The maximum atomic E-state index is 11.7. The molecule has 0 radical (unpaired) electrons. The van der Waals surface area contributed by atoms with Gasteiger partial charge >= 0.3 is 16.2 Å². The largest absolute Gasteiger partial charge is 0.504 e. The van der Waals surface area contributed by atoms with Gasteiger partial charge in [-0.05, 0) is 17.7 Å². The van der Waals surface area contributed by atoms with Crippen LogP contribution < -0.4 is 20.7 Å².